The summed E-state index contributed by atoms with van der Waals surface area (Å²) in [4.78, 5) is 23.3. The Bertz CT molecular complexity index is 1550. The van der Waals surface area contributed by atoms with Crippen LogP contribution < -0.4 is 11.3 Å². The molecule has 182 valence electrons. The molecule has 0 unspecified atom stereocenters. The molecule has 0 radical (unpaired) electrons. The molecule has 2 heterocycles. The van der Waals surface area contributed by atoms with Gasteiger partial charge in [0.2, 0.25) is 0 Å². The third kappa shape index (κ3) is 6.54. The predicted molar refractivity (Wildman–Crippen MR) is 145 cm³/mol. The SMILES string of the molecule is O=c1occ(CCl)cc1Cc1cccc2ccccc12.O=c1occ(CCl)cc1Cc1ccccc1. The Kier molecular flexibility index (Phi) is 8.77. The molecule has 4 nitrogen and oxygen atoms in total. The van der Waals surface area contributed by atoms with Crippen LogP contribution in [0.2, 0.25) is 0 Å². The molecule has 0 aliphatic heterocycles. The van der Waals surface area contributed by atoms with Gasteiger partial charge in [-0.1, -0.05) is 72.8 Å². The van der Waals surface area contributed by atoms with Crippen LogP contribution in [-0.4, -0.2) is 0 Å². The molecule has 0 atom stereocenters. The maximum atomic E-state index is 11.8. The van der Waals surface area contributed by atoms with Crippen LogP contribution in [0, 0.1) is 0 Å². The summed E-state index contributed by atoms with van der Waals surface area (Å²) in [5.74, 6) is 0.692. The maximum absolute atomic E-state index is 11.8. The fourth-order valence-electron chi connectivity index (χ4n) is 3.90. The second kappa shape index (κ2) is 12.4. The average molecular weight is 519 g/mol. The summed E-state index contributed by atoms with van der Waals surface area (Å²) >= 11 is 11.5. The summed E-state index contributed by atoms with van der Waals surface area (Å²) in [7, 11) is 0. The van der Waals surface area contributed by atoms with E-state index in [2.05, 4.69) is 18.2 Å². The number of hydrogen-bond acceptors (Lipinski definition) is 4. The fourth-order valence-corrected chi connectivity index (χ4v) is 4.18. The van der Waals surface area contributed by atoms with Crippen molar-refractivity contribution < 1.29 is 8.83 Å². The smallest absolute Gasteiger partial charge is 0.339 e. The minimum atomic E-state index is -0.299. The number of benzene rings is 3. The van der Waals surface area contributed by atoms with E-state index in [4.69, 9.17) is 32.0 Å². The van der Waals surface area contributed by atoms with Gasteiger partial charge in [-0.25, -0.2) is 9.59 Å². The van der Waals surface area contributed by atoms with E-state index in [0.717, 1.165) is 27.6 Å². The van der Waals surface area contributed by atoms with Crippen LogP contribution in [0.3, 0.4) is 0 Å². The maximum Gasteiger partial charge on any atom is 0.339 e. The first kappa shape index (κ1) is 25.5. The first-order chi connectivity index (χ1) is 17.6. The van der Waals surface area contributed by atoms with E-state index in [1.54, 1.807) is 6.07 Å². The van der Waals surface area contributed by atoms with E-state index in [1.165, 1.54) is 17.9 Å². The first-order valence-electron chi connectivity index (χ1n) is 11.4. The van der Waals surface area contributed by atoms with Crippen molar-refractivity contribution in [2.24, 2.45) is 0 Å². The molecular weight excluding hydrogens is 495 g/mol. The van der Waals surface area contributed by atoms with Crippen molar-refractivity contribution in [2.45, 2.75) is 24.6 Å². The normalized spacial score (nSPS) is 10.6. The number of hydrogen-bond donors (Lipinski definition) is 0. The van der Waals surface area contributed by atoms with Gasteiger partial charge in [0, 0.05) is 35.1 Å². The van der Waals surface area contributed by atoms with Crippen LogP contribution in [0.5, 0.6) is 0 Å². The molecule has 0 saturated heterocycles. The molecule has 5 aromatic rings. The van der Waals surface area contributed by atoms with Crippen molar-refractivity contribution in [1.29, 1.82) is 0 Å². The molecule has 0 amide bonds. The zero-order chi connectivity index (χ0) is 25.3. The van der Waals surface area contributed by atoms with Gasteiger partial charge in [0.25, 0.3) is 0 Å². The molecule has 0 fully saturated rings. The Hall–Kier alpha value is -3.60. The van der Waals surface area contributed by atoms with Crippen LogP contribution in [0.25, 0.3) is 10.8 Å². The lowest BCUT2D eigenvalue weighted by Crippen LogP contribution is -2.08. The Morgan fingerprint density at radius 2 is 1.11 bits per heavy atom. The van der Waals surface area contributed by atoms with Gasteiger partial charge < -0.3 is 8.83 Å². The summed E-state index contributed by atoms with van der Waals surface area (Å²) in [6, 6.07) is 27.7. The highest BCUT2D eigenvalue weighted by Crippen LogP contribution is 2.21. The molecule has 6 heteroatoms. The van der Waals surface area contributed by atoms with Crippen LogP contribution in [0.15, 0.2) is 116 Å². The van der Waals surface area contributed by atoms with Gasteiger partial charge in [-0.3, -0.25) is 0 Å². The van der Waals surface area contributed by atoms with Crippen molar-refractivity contribution in [2.75, 3.05) is 0 Å². The van der Waals surface area contributed by atoms with Crippen LogP contribution in [-0.2, 0) is 24.6 Å². The second-order valence-electron chi connectivity index (χ2n) is 8.28. The number of rotatable bonds is 6. The van der Waals surface area contributed by atoms with E-state index in [0.29, 0.717) is 35.7 Å². The largest absolute Gasteiger partial charge is 0.431 e. The van der Waals surface area contributed by atoms with E-state index in [1.807, 2.05) is 60.7 Å². The molecule has 0 N–H and O–H groups in total. The summed E-state index contributed by atoms with van der Waals surface area (Å²) in [6.07, 6.45) is 3.95. The molecule has 2 aromatic heterocycles. The summed E-state index contributed by atoms with van der Waals surface area (Å²) in [5, 5.41) is 2.33. The Balaban J connectivity index is 0.000000174. The van der Waals surface area contributed by atoms with Crippen LogP contribution in [0.1, 0.15) is 33.4 Å². The van der Waals surface area contributed by atoms with E-state index >= 15 is 0 Å². The number of halogens is 2. The molecular formula is C30H24Cl2O4. The third-order valence-corrected chi connectivity index (χ3v) is 6.30. The standard InChI is InChI=1S/C17H13ClO2.C13H11ClO2/c18-10-12-8-15(17(19)20-11-12)9-14-6-3-5-13-4-1-2-7-16(13)14;14-8-11-7-12(13(15)16-9-11)6-10-4-2-1-3-5-10/h1-8,11H,9-10H2;1-5,7,9H,6,8H2. The van der Waals surface area contributed by atoms with Crippen molar-refractivity contribution in [1.82, 2.24) is 0 Å². The molecule has 0 bridgehead atoms. The van der Waals surface area contributed by atoms with Crippen molar-refractivity contribution in [3.05, 3.63) is 152 Å². The number of fused-ring (bicyclic) bond motifs is 1. The third-order valence-electron chi connectivity index (χ3n) is 5.69. The minimum Gasteiger partial charge on any atom is -0.431 e. The van der Waals surface area contributed by atoms with E-state index in [-0.39, 0.29) is 11.3 Å². The Morgan fingerprint density at radius 1 is 0.556 bits per heavy atom. The van der Waals surface area contributed by atoms with Gasteiger partial charge in [-0.2, -0.15) is 0 Å². The first-order valence-corrected chi connectivity index (χ1v) is 12.5. The zero-order valence-electron chi connectivity index (χ0n) is 19.5. The van der Waals surface area contributed by atoms with Gasteiger partial charge >= 0.3 is 11.3 Å². The topological polar surface area (TPSA) is 60.4 Å². The van der Waals surface area contributed by atoms with Gasteiger partial charge in [-0.05, 0) is 34.0 Å². The second-order valence-corrected chi connectivity index (χ2v) is 8.81. The predicted octanol–water partition coefficient (Wildman–Crippen LogP) is 7.09. The molecule has 0 aliphatic carbocycles. The highest BCUT2D eigenvalue weighted by molar-refractivity contribution is 6.17. The molecule has 0 saturated carbocycles. The fraction of sp³-hybridized carbons (Fsp3) is 0.133. The molecule has 0 aliphatic rings. The average Bonchev–Trinajstić information content (AvgIpc) is 2.92. The highest BCUT2D eigenvalue weighted by Gasteiger charge is 2.08. The molecule has 5 rings (SSSR count). The van der Waals surface area contributed by atoms with Crippen molar-refractivity contribution in [3.8, 4) is 0 Å². The summed E-state index contributed by atoms with van der Waals surface area (Å²) < 4.78 is 9.94. The summed E-state index contributed by atoms with van der Waals surface area (Å²) in [6.45, 7) is 0. The van der Waals surface area contributed by atoms with Crippen molar-refractivity contribution in [3.63, 3.8) is 0 Å². The van der Waals surface area contributed by atoms with Crippen molar-refractivity contribution >= 4 is 34.0 Å². The van der Waals surface area contributed by atoms with E-state index in [9.17, 15) is 9.59 Å². The quantitative estimate of drug-likeness (QED) is 0.225. The van der Waals surface area contributed by atoms with Gasteiger partial charge in [0.05, 0.1) is 24.3 Å². The highest BCUT2D eigenvalue weighted by atomic mass is 35.5. The lowest BCUT2D eigenvalue weighted by atomic mass is 9.99. The zero-order valence-corrected chi connectivity index (χ0v) is 21.0. The Morgan fingerprint density at radius 3 is 1.75 bits per heavy atom. The van der Waals surface area contributed by atoms with Gasteiger partial charge in [0.1, 0.15) is 0 Å². The summed E-state index contributed by atoms with van der Waals surface area (Å²) in [5.41, 5.74) is 4.53. The van der Waals surface area contributed by atoms with Gasteiger partial charge in [-0.15, -0.1) is 23.2 Å². The molecule has 0 spiro atoms. The monoisotopic (exact) mass is 518 g/mol. The lowest BCUT2D eigenvalue weighted by Gasteiger charge is -2.06. The van der Waals surface area contributed by atoms with E-state index < -0.39 is 0 Å². The lowest BCUT2D eigenvalue weighted by molar-refractivity contribution is 0.498. The van der Waals surface area contributed by atoms with Crippen LogP contribution >= 0.6 is 23.2 Å². The van der Waals surface area contributed by atoms with Gasteiger partial charge in [0.15, 0.2) is 0 Å². The Labute approximate surface area is 218 Å². The molecule has 36 heavy (non-hydrogen) atoms. The number of alkyl halides is 2. The van der Waals surface area contributed by atoms with Crippen LogP contribution in [0.4, 0.5) is 0 Å². The minimum absolute atomic E-state index is 0.294. The molecule has 3 aromatic carbocycles.